The van der Waals surface area contributed by atoms with E-state index in [4.69, 9.17) is 9.84 Å². The minimum absolute atomic E-state index is 0.0776. The van der Waals surface area contributed by atoms with Crippen molar-refractivity contribution in [3.05, 3.63) is 0 Å². The number of amides is 2. The molecule has 2 aliphatic rings. The van der Waals surface area contributed by atoms with Crippen molar-refractivity contribution in [3.63, 3.8) is 0 Å². The molecule has 114 valence electrons. The third-order valence-electron chi connectivity index (χ3n) is 3.86. The van der Waals surface area contributed by atoms with Gasteiger partial charge in [-0.25, -0.2) is 4.79 Å². The zero-order chi connectivity index (χ0) is 14.4. The van der Waals surface area contributed by atoms with Gasteiger partial charge in [0.25, 0.3) is 0 Å². The molecule has 0 aromatic rings. The third kappa shape index (κ3) is 4.35. The summed E-state index contributed by atoms with van der Waals surface area (Å²) in [6.07, 6.45) is 1.57. The van der Waals surface area contributed by atoms with Crippen LogP contribution in [-0.4, -0.2) is 78.9 Å². The Balaban J connectivity index is 1.66. The highest BCUT2D eigenvalue weighted by atomic mass is 16.5. The molecule has 2 rings (SSSR count). The molecule has 7 heteroatoms. The number of carboxylic acids is 1. The molecule has 1 atom stereocenters. The van der Waals surface area contributed by atoms with E-state index in [-0.39, 0.29) is 12.5 Å². The molecule has 2 heterocycles. The SMILES string of the molecule is O=C(O)CCCNC(=O)N1CCC(N2CCOCC2)C1. The predicted molar refractivity (Wildman–Crippen MR) is 72.6 cm³/mol. The summed E-state index contributed by atoms with van der Waals surface area (Å²) in [7, 11) is 0. The van der Waals surface area contributed by atoms with Crippen LogP contribution in [-0.2, 0) is 9.53 Å². The van der Waals surface area contributed by atoms with Crippen LogP contribution in [0.4, 0.5) is 4.79 Å². The molecular formula is C13H23N3O4. The minimum Gasteiger partial charge on any atom is -0.481 e. The largest absolute Gasteiger partial charge is 0.481 e. The van der Waals surface area contributed by atoms with Gasteiger partial charge in [-0.2, -0.15) is 0 Å². The third-order valence-corrected chi connectivity index (χ3v) is 3.86. The van der Waals surface area contributed by atoms with E-state index in [0.29, 0.717) is 19.0 Å². The first kappa shape index (κ1) is 15.1. The van der Waals surface area contributed by atoms with Gasteiger partial charge in [0, 0.05) is 45.2 Å². The standard InChI is InChI=1S/C13H23N3O4/c17-12(18)2-1-4-14-13(19)16-5-3-11(10-16)15-6-8-20-9-7-15/h11H,1-10H2,(H,14,19)(H,17,18). The number of likely N-dealkylation sites (tertiary alicyclic amines) is 1. The van der Waals surface area contributed by atoms with Crippen molar-refractivity contribution in [1.82, 2.24) is 15.1 Å². The summed E-state index contributed by atoms with van der Waals surface area (Å²) in [6.45, 7) is 5.38. The van der Waals surface area contributed by atoms with Crippen molar-refractivity contribution >= 4 is 12.0 Å². The number of hydrogen-bond acceptors (Lipinski definition) is 4. The second-order valence-electron chi connectivity index (χ2n) is 5.27. The maximum absolute atomic E-state index is 11.9. The number of rotatable bonds is 5. The highest BCUT2D eigenvalue weighted by Crippen LogP contribution is 2.16. The van der Waals surface area contributed by atoms with Crippen molar-refractivity contribution in [3.8, 4) is 0 Å². The van der Waals surface area contributed by atoms with E-state index in [9.17, 15) is 9.59 Å². The molecule has 0 saturated carbocycles. The number of urea groups is 1. The Morgan fingerprint density at radius 1 is 1.25 bits per heavy atom. The molecule has 2 fully saturated rings. The Hall–Kier alpha value is -1.34. The Kier molecular flexibility index (Phi) is 5.60. The molecule has 0 radical (unpaired) electrons. The lowest BCUT2D eigenvalue weighted by Gasteiger charge is -2.32. The van der Waals surface area contributed by atoms with Crippen molar-refractivity contribution in [2.24, 2.45) is 0 Å². The van der Waals surface area contributed by atoms with Crippen molar-refractivity contribution < 1.29 is 19.4 Å². The first-order valence-electron chi connectivity index (χ1n) is 7.23. The van der Waals surface area contributed by atoms with Gasteiger partial charge in [0.15, 0.2) is 0 Å². The van der Waals surface area contributed by atoms with Crippen molar-refractivity contribution in [2.45, 2.75) is 25.3 Å². The second kappa shape index (κ2) is 7.44. The van der Waals surface area contributed by atoms with Crippen LogP contribution in [0.25, 0.3) is 0 Å². The van der Waals surface area contributed by atoms with E-state index in [2.05, 4.69) is 10.2 Å². The van der Waals surface area contributed by atoms with Crippen molar-refractivity contribution in [2.75, 3.05) is 45.9 Å². The smallest absolute Gasteiger partial charge is 0.317 e. The predicted octanol–water partition coefficient (Wildman–Crippen LogP) is -0.0327. The first-order valence-corrected chi connectivity index (χ1v) is 7.23. The van der Waals surface area contributed by atoms with Crippen LogP contribution in [0.5, 0.6) is 0 Å². The van der Waals surface area contributed by atoms with Gasteiger partial charge in [-0.05, 0) is 12.8 Å². The van der Waals surface area contributed by atoms with Gasteiger partial charge in [0.05, 0.1) is 13.2 Å². The summed E-state index contributed by atoms with van der Waals surface area (Å²) in [5.74, 6) is -0.826. The number of hydrogen-bond donors (Lipinski definition) is 2. The van der Waals surface area contributed by atoms with Gasteiger partial charge in [0.2, 0.25) is 0 Å². The molecule has 0 spiro atoms. The lowest BCUT2D eigenvalue weighted by Crippen LogP contribution is -2.46. The normalized spacial score (nSPS) is 23.8. The van der Waals surface area contributed by atoms with Crippen LogP contribution in [0.15, 0.2) is 0 Å². The molecule has 0 aromatic carbocycles. The fourth-order valence-electron chi connectivity index (χ4n) is 2.71. The number of morpholine rings is 1. The van der Waals surface area contributed by atoms with Crippen LogP contribution >= 0.6 is 0 Å². The zero-order valence-corrected chi connectivity index (χ0v) is 11.7. The number of nitrogens with zero attached hydrogens (tertiary/aromatic N) is 2. The molecule has 2 amide bonds. The van der Waals surface area contributed by atoms with Gasteiger partial charge >= 0.3 is 12.0 Å². The van der Waals surface area contributed by atoms with Crippen molar-refractivity contribution in [1.29, 1.82) is 0 Å². The van der Waals surface area contributed by atoms with Crippen LogP contribution < -0.4 is 5.32 Å². The number of carbonyl (C=O) groups excluding carboxylic acids is 1. The maximum atomic E-state index is 11.9. The first-order chi connectivity index (χ1) is 9.66. The molecule has 0 aliphatic carbocycles. The number of ether oxygens (including phenoxy) is 1. The summed E-state index contributed by atoms with van der Waals surface area (Å²) in [5, 5.41) is 11.3. The van der Waals surface area contributed by atoms with Gasteiger partial charge in [-0.3, -0.25) is 9.69 Å². The van der Waals surface area contributed by atoms with Crippen LogP contribution in [0, 0.1) is 0 Å². The molecule has 20 heavy (non-hydrogen) atoms. The number of carbonyl (C=O) groups is 2. The maximum Gasteiger partial charge on any atom is 0.317 e. The quantitative estimate of drug-likeness (QED) is 0.693. The Bertz CT molecular complexity index is 345. The summed E-state index contributed by atoms with van der Waals surface area (Å²) in [6, 6.07) is 0.356. The van der Waals surface area contributed by atoms with E-state index in [1.54, 1.807) is 0 Å². The second-order valence-corrected chi connectivity index (χ2v) is 5.27. The summed E-state index contributed by atoms with van der Waals surface area (Å²) >= 11 is 0. The molecular weight excluding hydrogens is 262 g/mol. The molecule has 0 aromatic heterocycles. The number of aliphatic carboxylic acids is 1. The highest BCUT2D eigenvalue weighted by Gasteiger charge is 2.30. The highest BCUT2D eigenvalue weighted by molar-refractivity contribution is 5.74. The average Bonchev–Trinajstić information content (AvgIpc) is 2.94. The molecule has 7 nitrogen and oxygen atoms in total. The molecule has 2 saturated heterocycles. The van der Waals surface area contributed by atoms with Crippen LogP contribution in [0.1, 0.15) is 19.3 Å². The Morgan fingerprint density at radius 2 is 2.00 bits per heavy atom. The van der Waals surface area contributed by atoms with Crippen LogP contribution in [0.3, 0.4) is 0 Å². The summed E-state index contributed by atoms with van der Waals surface area (Å²) < 4.78 is 5.34. The van der Waals surface area contributed by atoms with Gasteiger partial charge in [-0.1, -0.05) is 0 Å². The van der Waals surface area contributed by atoms with Gasteiger partial charge in [-0.15, -0.1) is 0 Å². The van der Waals surface area contributed by atoms with Crippen LogP contribution in [0.2, 0.25) is 0 Å². The Labute approximate surface area is 118 Å². The van der Waals surface area contributed by atoms with E-state index in [0.717, 1.165) is 45.8 Å². The average molecular weight is 285 g/mol. The molecule has 1 unspecified atom stereocenters. The lowest BCUT2D eigenvalue weighted by molar-refractivity contribution is -0.137. The number of nitrogens with one attached hydrogen (secondary N) is 1. The monoisotopic (exact) mass is 285 g/mol. The summed E-state index contributed by atoms with van der Waals surface area (Å²) in [5.41, 5.74) is 0. The topological polar surface area (TPSA) is 82.1 Å². The lowest BCUT2D eigenvalue weighted by atomic mass is 10.2. The zero-order valence-electron chi connectivity index (χ0n) is 11.7. The van der Waals surface area contributed by atoms with Gasteiger partial charge in [0.1, 0.15) is 0 Å². The fourth-order valence-corrected chi connectivity index (χ4v) is 2.71. The molecule has 2 N–H and O–H groups in total. The minimum atomic E-state index is -0.826. The molecule has 2 aliphatic heterocycles. The van der Waals surface area contributed by atoms with E-state index in [1.807, 2.05) is 4.90 Å². The summed E-state index contributed by atoms with van der Waals surface area (Å²) in [4.78, 5) is 26.5. The van der Waals surface area contributed by atoms with E-state index < -0.39 is 5.97 Å². The Morgan fingerprint density at radius 3 is 2.70 bits per heavy atom. The van der Waals surface area contributed by atoms with E-state index >= 15 is 0 Å². The van der Waals surface area contributed by atoms with Gasteiger partial charge < -0.3 is 20.1 Å². The fraction of sp³-hybridized carbons (Fsp3) is 0.846. The van der Waals surface area contributed by atoms with E-state index in [1.165, 1.54) is 0 Å². The molecule has 0 bridgehead atoms. The number of carboxylic acid groups (broad SMARTS) is 1.